The number of hydrogen-bond donors (Lipinski definition) is 1. The Morgan fingerprint density at radius 2 is 2.03 bits per heavy atom. The highest BCUT2D eigenvalue weighted by Crippen LogP contribution is 2.33. The minimum absolute atomic E-state index is 0.269. The summed E-state index contributed by atoms with van der Waals surface area (Å²) in [6, 6.07) is 8.61. The molecule has 1 aromatic heterocycles. The number of nitrogens with zero attached hydrogens (tertiary/aromatic N) is 3. The van der Waals surface area contributed by atoms with Crippen LogP contribution in [0.3, 0.4) is 0 Å². The second kappa shape index (κ2) is 10.3. The van der Waals surface area contributed by atoms with Crippen LogP contribution in [0.15, 0.2) is 49.2 Å². The van der Waals surface area contributed by atoms with Crippen molar-refractivity contribution in [2.24, 2.45) is 5.10 Å². The lowest BCUT2D eigenvalue weighted by atomic mass is 10.2. The van der Waals surface area contributed by atoms with Crippen molar-refractivity contribution in [3.63, 3.8) is 0 Å². The van der Waals surface area contributed by atoms with Crippen LogP contribution in [0.2, 0.25) is 0 Å². The number of aromatic nitrogens is 2. The zero-order valence-electron chi connectivity index (χ0n) is 17.6. The van der Waals surface area contributed by atoms with Crippen LogP contribution in [-0.4, -0.2) is 40.2 Å². The minimum atomic E-state index is -1.09. The molecule has 32 heavy (non-hydrogen) atoms. The van der Waals surface area contributed by atoms with E-state index in [1.807, 2.05) is 13.0 Å². The van der Waals surface area contributed by atoms with Crippen LogP contribution in [0.5, 0.6) is 11.5 Å². The minimum Gasteiger partial charge on any atom is -0.493 e. The number of rotatable bonds is 8. The Kier molecular flexibility index (Phi) is 7.68. The second-order valence-electron chi connectivity index (χ2n) is 6.92. The Morgan fingerprint density at radius 1 is 1.28 bits per heavy atom. The molecule has 2 aromatic carbocycles. The fourth-order valence-electron chi connectivity index (χ4n) is 2.96. The number of aryl methyl sites for hydroxylation is 1. The second-order valence-corrected chi connectivity index (χ2v) is 8.69. The van der Waals surface area contributed by atoms with Crippen molar-refractivity contribution in [1.82, 2.24) is 9.66 Å². The topological polar surface area (TPSA) is 103 Å². The average molecular weight is 567 g/mol. The van der Waals surface area contributed by atoms with E-state index in [0.29, 0.717) is 38.9 Å². The third kappa shape index (κ3) is 5.18. The molecule has 1 N–H and O–H groups in total. The first-order valence-electron chi connectivity index (χ1n) is 9.77. The number of carboxylic acid groups (broad SMARTS) is 1. The molecule has 1 atom stereocenters. The van der Waals surface area contributed by atoms with Gasteiger partial charge in [0.25, 0.3) is 5.56 Å². The maximum absolute atomic E-state index is 13.1. The molecular weight excluding hydrogens is 546 g/mol. The van der Waals surface area contributed by atoms with Gasteiger partial charge in [-0.25, -0.2) is 9.78 Å². The summed E-state index contributed by atoms with van der Waals surface area (Å²) < 4.78 is 13.5. The van der Waals surface area contributed by atoms with E-state index in [1.54, 1.807) is 24.3 Å². The Bertz CT molecular complexity index is 1260. The molecule has 3 aromatic rings. The number of halogens is 2. The van der Waals surface area contributed by atoms with Crippen LogP contribution in [0, 0.1) is 0 Å². The molecule has 168 valence electrons. The molecule has 0 spiro atoms. The lowest BCUT2D eigenvalue weighted by Crippen LogP contribution is -2.23. The third-order valence-electron chi connectivity index (χ3n) is 4.60. The first kappa shape index (κ1) is 23.9. The van der Waals surface area contributed by atoms with Gasteiger partial charge >= 0.3 is 5.97 Å². The van der Waals surface area contributed by atoms with Gasteiger partial charge < -0.3 is 14.6 Å². The van der Waals surface area contributed by atoms with Crippen LogP contribution in [0.1, 0.15) is 31.7 Å². The van der Waals surface area contributed by atoms with Gasteiger partial charge in [0.15, 0.2) is 17.6 Å². The Hall–Kier alpha value is -2.72. The van der Waals surface area contributed by atoms with Gasteiger partial charge in [-0.1, -0.05) is 22.9 Å². The van der Waals surface area contributed by atoms with Crippen molar-refractivity contribution in [2.45, 2.75) is 32.8 Å². The van der Waals surface area contributed by atoms with Crippen LogP contribution in [0.25, 0.3) is 10.9 Å². The lowest BCUT2D eigenvalue weighted by molar-refractivity contribution is -0.144. The van der Waals surface area contributed by atoms with Gasteiger partial charge in [0.05, 0.1) is 24.2 Å². The van der Waals surface area contributed by atoms with E-state index < -0.39 is 12.1 Å². The monoisotopic (exact) mass is 565 g/mol. The number of fused-ring (bicyclic) bond motifs is 1. The largest absolute Gasteiger partial charge is 0.493 e. The maximum Gasteiger partial charge on any atom is 0.344 e. The van der Waals surface area contributed by atoms with E-state index >= 15 is 0 Å². The zero-order chi connectivity index (χ0) is 23.4. The van der Waals surface area contributed by atoms with Gasteiger partial charge in [0, 0.05) is 20.9 Å². The molecule has 0 radical (unpaired) electrons. The van der Waals surface area contributed by atoms with Crippen molar-refractivity contribution in [2.75, 3.05) is 7.11 Å². The summed E-state index contributed by atoms with van der Waals surface area (Å²) in [5.74, 6) is 0.0749. The lowest BCUT2D eigenvalue weighted by Gasteiger charge is -2.15. The van der Waals surface area contributed by atoms with Crippen LogP contribution < -0.4 is 15.0 Å². The fourth-order valence-corrected chi connectivity index (χ4v) is 3.75. The van der Waals surface area contributed by atoms with Crippen molar-refractivity contribution in [3.8, 4) is 11.5 Å². The number of methoxy groups -OCH3 is 1. The summed E-state index contributed by atoms with van der Waals surface area (Å²) in [6.07, 6.45) is 1.86. The molecule has 8 nitrogen and oxygen atoms in total. The van der Waals surface area contributed by atoms with Crippen molar-refractivity contribution in [1.29, 1.82) is 0 Å². The van der Waals surface area contributed by atoms with Crippen LogP contribution in [0.4, 0.5) is 0 Å². The smallest absolute Gasteiger partial charge is 0.344 e. The number of hydrogen-bond acceptors (Lipinski definition) is 6. The van der Waals surface area contributed by atoms with E-state index in [0.717, 1.165) is 10.9 Å². The standard InChI is InChI=1S/C22H21Br2N3O5/c1-4-5-20-26-17-7-6-14(23)9-15(17)21(28)27(20)25-11-13-8-18(31-3)19(10-16(13)24)32-12(2)22(29)30/h6-12H,4-5H2,1-3H3,(H,29,30)/t12-/m0/s1. The molecule has 0 aliphatic heterocycles. The van der Waals surface area contributed by atoms with Crippen molar-refractivity contribution >= 4 is 54.9 Å². The van der Waals surface area contributed by atoms with E-state index in [9.17, 15) is 9.59 Å². The Balaban J connectivity index is 2.06. The summed E-state index contributed by atoms with van der Waals surface area (Å²) in [4.78, 5) is 28.8. The number of carboxylic acids is 1. The number of aliphatic carboxylic acids is 1. The molecule has 1 heterocycles. The maximum atomic E-state index is 13.1. The molecule has 0 amide bonds. The van der Waals surface area contributed by atoms with E-state index in [2.05, 4.69) is 41.9 Å². The average Bonchev–Trinajstić information content (AvgIpc) is 2.75. The van der Waals surface area contributed by atoms with E-state index in [4.69, 9.17) is 14.6 Å². The predicted molar refractivity (Wildman–Crippen MR) is 129 cm³/mol. The zero-order valence-corrected chi connectivity index (χ0v) is 20.8. The van der Waals surface area contributed by atoms with Crippen molar-refractivity contribution < 1.29 is 19.4 Å². The van der Waals surface area contributed by atoms with Crippen molar-refractivity contribution in [3.05, 3.63) is 61.0 Å². The highest BCUT2D eigenvalue weighted by Gasteiger charge is 2.17. The first-order chi connectivity index (χ1) is 15.2. The molecule has 10 heteroatoms. The normalized spacial score (nSPS) is 12.3. The van der Waals surface area contributed by atoms with E-state index in [1.165, 1.54) is 24.9 Å². The first-order valence-corrected chi connectivity index (χ1v) is 11.4. The van der Waals surface area contributed by atoms with Gasteiger partial charge in [0.2, 0.25) is 0 Å². The number of carbonyl (C=O) groups is 1. The molecule has 3 rings (SSSR count). The van der Waals surface area contributed by atoms with Gasteiger partial charge in [-0.05, 0) is 59.6 Å². The molecule has 0 fully saturated rings. The molecule has 0 bridgehead atoms. The fraction of sp³-hybridized carbons (Fsp3) is 0.273. The van der Waals surface area contributed by atoms with Gasteiger partial charge in [-0.15, -0.1) is 0 Å². The van der Waals surface area contributed by atoms with E-state index in [-0.39, 0.29) is 11.3 Å². The molecular formula is C22H21Br2N3O5. The SMILES string of the molecule is CCCc1nc2ccc(Br)cc2c(=O)n1N=Cc1cc(OC)c(O[C@@H](C)C(=O)O)cc1Br. The van der Waals surface area contributed by atoms with Gasteiger partial charge in [-0.3, -0.25) is 4.79 Å². The molecule has 0 aliphatic carbocycles. The molecule has 0 aliphatic rings. The quantitative estimate of drug-likeness (QED) is 0.399. The number of ether oxygens (including phenoxy) is 2. The Labute approximate surface area is 201 Å². The summed E-state index contributed by atoms with van der Waals surface area (Å²) >= 11 is 6.84. The highest BCUT2D eigenvalue weighted by atomic mass is 79.9. The molecule has 0 unspecified atom stereocenters. The van der Waals surface area contributed by atoms with Gasteiger partial charge in [-0.2, -0.15) is 9.78 Å². The number of benzene rings is 2. The summed E-state index contributed by atoms with van der Waals surface area (Å²) in [5.41, 5.74) is 0.959. The van der Waals surface area contributed by atoms with Crippen LogP contribution >= 0.6 is 31.9 Å². The molecule has 0 saturated heterocycles. The summed E-state index contributed by atoms with van der Waals surface area (Å²) in [5, 5.41) is 14.0. The van der Waals surface area contributed by atoms with Gasteiger partial charge in [0.1, 0.15) is 5.82 Å². The highest BCUT2D eigenvalue weighted by molar-refractivity contribution is 9.10. The summed E-state index contributed by atoms with van der Waals surface area (Å²) in [6.45, 7) is 3.43. The Morgan fingerprint density at radius 3 is 2.69 bits per heavy atom. The van der Waals surface area contributed by atoms with Crippen LogP contribution in [-0.2, 0) is 11.2 Å². The third-order valence-corrected chi connectivity index (χ3v) is 5.78. The summed E-state index contributed by atoms with van der Waals surface area (Å²) in [7, 11) is 1.46. The predicted octanol–water partition coefficient (Wildman–Crippen LogP) is 4.62. The molecule has 0 saturated carbocycles.